The molecule has 0 spiro atoms. The van der Waals surface area contributed by atoms with Crippen LogP contribution >= 0.6 is 46.4 Å². The maximum atomic E-state index is 13.1. The number of amides is 5. The largest absolute Gasteiger partial charge is 0.481 e. The molecule has 0 radical (unpaired) electrons. The van der Waals surface area contributed by atoms with E-state index in [4.69, 9.17) is 51.1 Å². The van der Waals surface area contributed by atoms with E-state index in [-0.39, 0.29) is 49.3 Å². The molecule has 0 unspecified atom stereocenters. The van der Waals surface area contributed by atoms with Gasteiger partial charge in [0.25, 0.3) is 17.7 Å². The summed E-state index contributed by atoms with van der Waals surface area (Å²) in [6, 6.07) is 11.6. The molecule has 0 saturated carbocycles. The predicted octanol–water partition coefficient (Wildman–Crippen LogP) is 6.60. The number of carbonyl (C=O) groups excluding carboxylic acids is 4. The molecule has 1 saturated heterocycles. The molecular formula is C27H19Cl4N3O5. The first-order chi connectivity index (χ1) is 18.5. The zero-order valence-electron chi connectivity index (χ0n) is 20.4. The molecule has 0 aliphatic carbocycles. The van der Waals surface area contributed by atoms with Crippen molar-refractivity contribution in [1.29, 1.82) is 0 Å². The highest BCUT2D eigenvalue weighted by Gasteiger charge is 2.37. The fourth-order valence-corrected chi connectivity index (χ4v) is 4.60. The number of hydrogen-bond donors (Lipinski definition) is 2. The Hall–Kier alpha value is -3.56. The molecule has 0 aromatic heterocycles. The molecule has 39 heavy (non-hydrogen) atoms. The van der Waals surface area contributed by atoms with Crippen molar-refractivity contribution in [1.82, 2.24) is 5.32 Å². The number of nitrogens with one attached hydrogen (secondary N) is 2. The number of urea groups is 1. The zero-order valence-corrected chi connectivity index (χ0v) is 23.4. The van der Waals surface area contributed by atoms with Gasteiger partial charge in [-0.3, -0.25) is 19.7 Å². The lowest BCUT2D eigenvalue weighted by molar-refractivity contribution is -0.122. The Morgan fingerprint density at radius 1 is 0.949 bits per heavy atom. The highest BCUT2D eigenvalue weighted by molar-refractivity contribution is 6.43. The van der Waals surface area contributed by atoms with E-state index in [9.17, 15) is 19.2 Å². The molecule has 0 bridgehead atoms. The minimum atomic E-state index is -0.945. The van der Waals surface area contributed by atoms with E-state index in [0.717, 1.165) is 16.0 Å². The van der Waals surface area contributed by atoms with Gasteiger partial charge in [0.15, 0.2) is 12.4 Å². The first-order valence-electron chi connectivity index (χ1n) is 11.3. The van der Waals surface area contributed by atoms with Crippen LogP contribution in [-0.2, 0) is 14.4 Å². The number of benzene rings is 3. The fourth-order valence-electron chi connectivity index (χ4n) is 3.69. The van der Waals surface area contributed by atoms with Crippen LogP contribution in [0.1, 0.15) is 16.7 Å². The minimum Gasteiger partial charge on any atom is -0.481 e. The third-order valence-electron chi connectivity index (χ3n) is 5.82. The van der Waals surface area contributed by atoms with E-state index in [0.29, 0.717) is 5.69 Å². The van der Waals surface area contributed by atoms with Gasteiger partial charge in [-0.2, -0.15) is 0 Å². The van der Waals surface area contributed by atoms with Crippen LogP contribution in [0.2, 0.25) is 20.1 Å². The lowest BCUT2D eigenvalue weighted by atomic mass is 10.1. The molecule has 8 nitrogen and oxygen atoms in total. The third-order valence-corrected chi connectivity index (χ3v) is 7.12. The third kappa shape index (κ3) is 6.20. The number of rotatable bonds is 6. The van der Waals surface area contributed by atoms with Crippen molar-refractivity contribution in [2.75, 3.05) is 16.8 Å². The number of aryl methyl sites for hydroxylation is 1. The lowest BCUT2D eigenvalue weighted by Crippen LogP contribution is -2.54. The SMILES string of the molecule is Cc1cccc(NC(=O)COc2c(Cl)cc(/C=C3/C(=O)NC(=O)N(c4ccc(Cl)c(Cl)c4)C3=O)cc2Cl)c1C. The predicted molar refractivity (Wildman–Crippen MR) is 152 cm³/mol. The fraction of sp³-hybridized carbons (Fsp3) is 0.111. The molecular weight excluding hydrogens is 588 g/mol. The first-order valence-corrected chi connectivity index (χ1v) is 12.8. The molecule has 1 heterocycles. The summed E-state index contributed by atoms with van der Waals surface area (Å²) in [4.78, 5) is 51.2. The van der Waals surface area contributed by atoms with E-state index in [1.54, 1.807) is 6.07 Å². The van der Waals surface area contributed by atoms with Gasteiger partial charge in [-0.05, 0) is 73.0 Å². The van der Waals surface area contributed by atoms with Gasteiger partial charge in [0.1, 0.15) is 5.57 Å². The summed E-state index contributed by atoms with van der Waals surface area (Å²) in [7, 11) is 0. The van der Waals surface area contributed by atoms with Crippen LogP contribution in [0.5, 0.6) is 5.75 Å². The topological polar surface area (TPSA) is 105 Å². The van der Waals surface area contributed by atoms with Crippen molar-refractivity contribution in [3.8, 4) is 5.75 Å². The Labute approximate surface area is 243 Å². The number of ether oxygens (including phenoxy) is 1. The quantitative estimate of drug-likeness (QED) is 0.243. The first kappa shape index (κ1) is 28.4. The van der Waals surface area contributed by atoms with E-state index < -0.39 is 23.8 Å². The summed E-state index contributed by atoms with van der Waals surface area (Å²) in [5.41, 5.74) is 2.66. The maximum absolute atomic E-state index is 13.1. The van der Waals surface area contributed by atoms with Crippen molar-refractivity contribution in [2.45, 2.75) is 13.8 Å². The molecule has 1 aliphatic heterocycles. The highest BCUT2D eigenvalue weighted by Crippen LogP contribution is 2.36. The van der Waals surface area contributed by atoms with E-state index in [2.05, 4.69) is 10.6 Å². The Kier molecular flexibility index (Phi) is 8.51. The molecule has 12 heteroatoms. The van der Waals surface area contributed by atoms with Gasteiger partial charge in [-0.25, -0.2) is 9.69 Å². The van der Waals surface area contributed by atoms with Crippen molar-refractivity contribution in [3.63, 3.8) is 0 Å². The highest BCUT2D eigenvalue weighted by atomic mass is 35.5. The molecule has 1 aliphatic rings. The summed E-state index contributed by atoms with van der Waals surface area (Å²) in [6.45, 7) is 3.46. The van der Waals surface area contributed by atoms with Gasteiger partial charge in [0.05, 0.1) is 25.8 Å². The van der Waals surface area contributed by atoms with Gasteiger partial charge < -0.3 is 10.1 Å². The maximum Gasteiger partial charge on any atom is 0.335 e. The Morgan fingerprint density at radius 3 is 2.31 bits per heavy atom. The molecule has 3 aromatic rings. The molecule has 200 valence electrons. The van der Waals surface area contributed by atoms with Crippen molar-refractivity contribution in [2.24, 2.45) is 0 Å². The Balaban J connectivity index is 1.53. The Bertz CT molecular complexity index is 1550. The number of barbiturate groups is 1. The standard InChI is InChI=1S/C27H19Cl4N3O5/c1-13-4-3-5-22(14(13)2)32-23(35)12-39-24-20(30)9-15(10-21(24)31)8-17-25(36)33-27(38)34(26(17)37)16-6-7-18(28)19(29)11-16/h3-11H,12H2,1-2H3,(H,32,35)(H,33,36,38)/b17-8-. The van der Waals surface area contributed by atoms with Crippen molar-refractivity contribution < 1.29 is 23.9 Å². The zero-order chi connectivity index (χ0) is 28.4. The monoisotopic (exact) mass is 605 g/mol. The molecule has 4 rings (SSSR count). The van der Waals surface area contributed by atoms with Gasteiger partial charge in [0, 0.05) is 5.69 Å². The van der Waals surface area contributed by atoms with Crippen LogP contribution in [0.15, 0.2) is 54.1 Å². The van der Waals surface area contributed by atoms with Crippen LogP contribution in [0.3, 0.4) is 0 Å². The summed E-state index contributed by atoms with van der Waals surface area (Å²) in [5.74, 6) is -2.17. The van der Waals surface area contributed by atoms with Gasteiger partial charge in [-0.1, -0.05) is 58.5 Å². The van der Waals surface area contributed by atoms with Gasteiger partial charge in [0.2, 0.25) is 0 Å². The van der Waals surface area contributed by atoms with Crippen molar-refractivity contribution in [3.05, 3.63) is 90.9 Å². The van der Waals surface area contributed by atoms with Crippen LogP contribution in [0.4, 0.5) is 16.2 Å². The number of carbonyl (C=O) groups is 4. The summed E-state index contributed by atoms with van der Waals surface area (Å²) < 4.78 is 5.55. The minimum absolute atomic E-state index is 0.0370. The molecule has 1 fully saturated rings. The number of halogens is 4. The molecule has 5 amide bonds. The summed E-state index contributed by atoms with van der Waals surface area (Å²) in [5, 5.41) is 5.31. The smallest absolute Gasteiger partial charge is 0.335 e. The van der Waals surface area contributed by atoms with Gasteiger partial charge >= 0.3 is 6.03 Å². The van der Waals surface area contributed by atoms with Crippen LogP contribution in [-0.4, -0.2) is 30.4 Å². The Morgan fingerprint density at radius 2 is 1.64 bits per heavy atom. The van der Waals surface area contributed by atoms with Crippen molar-refractivity contribution >= 4 is 87.6 Å². The number of hydrogen-bond acceptors (Lipinski definition) is 5. The number of imide groups is 2. The van der Waals surface area contributed by atoms with E-state index >= 15 is 0 Å². The lowest BCUT2D eigenvalue weighted by Gasteiger charge is -2.26. The molecule has 0 atom stereocenters. The second-order valence-electron chi connectivity index (χ2n) is 8.45. The second kappa shape index (κ2) is 11.7. The number of anilines is 2. The normalized spacial score (nSPS) is 14.5. The molecule has 3 aromatic carbocycles. The van der Waals surface area contributed by atoms with Gasteiger partial charge in [-0.15, -0.1) is 0 Å². The van der Waals surface area contributed by atoms with E-state index in [1.807, 2.05) is 26.0 Å². The number of nitrogens with zero attached hydrogens (tertiary/aromatic N) is 1. The average Bonchev–Trinajstić information content (AvgIpc) is 2.86. The average molecular weight is 607 g/mol. The van der Waals surface area contributed by atoms with Crippen LogP contribution in [0, 0.1) is 13.8 Å². The van der Waals surface area contributed by atoms with Crippen LogP contribution in [0.25, 0.3) is 6.08 Å². The van der Waals surface area contributed by atoms with E-state index in [1.165, 1.54) is 36.4 Å². The summed E-state index contributed by atoms with van der Waals surface area (Å²) >= 11 is 24.6. The second-order valence-corrected chi connectivity index (χ2v) is 10.1. The molecule has 2 N–H and O–H groups in total. The summed E-state index contributed by atoms with van der Waals surface area (Å²) in [6.07, 6.45) is 1.23. The van der Waals surface area contributed by atoms with Crippen LogP contribution < -0.4 is 20.3 Å².